The number of ether oxygens (including phenoxy) is 3. The van der Waals surface area contributed by atoms with Crippen molar-refractivity contribution in [3.05, 3.63) is 47.0 Å². The number of allylic oxidation sites excluding steroid dienone is 1. The van der Waals surface area contributed by atoms with Gasteiger partial charge in [0.1, 0.15) is 12.4 Å². The molecule has 0 saturated heterocycles. The van der Waals surface area contributed by atoms with Gasteiger partial charge in [0.25, 0.3) is 0 Å². The van der Waals surface area contributed by atoms with Crippen molar-refractivity contribution in [2.75, 3.05) is 41.5 Å². The van der Waals surface area contributed by atoms with E-state index in [2.05, 4.69) is 17.0 Å². The maximum atomic E-state index is 5.88. The number of fused-ring (bicyclic) bond motifs is 5. The number of methoxy groups -OCH3 is 2. The highest BCUT2D eigenvalue weighted by atomic mass is 16.5. The third-order valence-corrected chi connectivity index (χ3v) is 4.66. The molecule has 0 aromatic heterocycles. The smallest absolute Gasteiger partial charge is 0.161 e. The molecule has 2 aromatic carbocycles. The monoisotopic (exact) mass is 350 g/mol. The zero-order valence-corrected chi connectivity index (χ0v) is 15.5. The van der Waals surface area contributed by atoms with Crippen molar-refractivity contribution in [1.82, 2.24) is 4.90 Å². The van der Waals surface area contributed by atoms with E-state index < -0.39 is 0 Å². The first-order valence-corrected chi connectivity index (χ1v) is 8.60. The van der Waals surface area contributed by atoms with Gasteiger partial charge in [-0.3, -0.25) is 0 Å². The number of rotatable bonds is 6. The lowest BCUT2D eigenvalue weighted by Gasteiger charge is -2.11. The Morgan fingerprint density at radius 3 is 2.46 bits per heavy atom. The van der Waals surface area contributed by atoms with Crippen LogP contribution in [0.1, 0.15) is 16.7 Å². The second-order valence-electron chi connectivity index (χ2n) is 6.64. The highest BCUT2D eigenvalue weighted by Gasteiger charge is 2.30. The normalized spacial score (nSPS) is 13.7. The number of hydrogen-bond donors (Lipinski definition) is 0. The van der Waals surface area contributed by atoms with E-state index in [1.54, 1.807) is 14.2 Å². The Hall–Kier alpha value is -2.79. The summed E-state index contributed by atoms with van der Waals surface area (Å²) in [5.41, 5.74) is 6.37. The lowest BCUT2D eigenvalue weighted by atomic mass is 10.0. The SMILES string of the molecule is COc1cc2c(cc1OC)C1=Nc3ccc(OCCN(C)C)cc3C1=C2. The predicted octanol–water partition coefficient (Wildman–Crippen LogP) is 3.63. The largest absolute Gasteiger partial charge is 0.493 e. The van der Waals surface area contributed by atoms with Crippen LogP contribution < -0.4 is 14.2 Å². The third-order valence-electron chi connectivity index (χ3n) is 4.66. The average Bonchev–Trinajstić information content (AvgIpc) is 3.15. The summed E-state index contributed by atoms with van der Waals surface area (Å²) in [4.78, 5) is 6.93. The maximum absolute atomic E-state index is 5.88. The van der Waals surface area contributed by atoms with Gasteiger partial charge >= 0.3 is 0 Å². The first-order valence-electron chi connectivity index (χ1n) is 8.60. The molecule has 5 nitrogen and oxygen atoms in total. The lowest BCUT2D eigenvalue weighted by Crippen LogP contribution is -2.19. The minimum absolute atomic E-state index is 0.660. The Morgan fingerprint density at radius 2 is 1.73 bits per heavy atom. The fourth-order valence-electron chi connectivity index (χ4n) is 3.30. The molecule has 2 aromatic rings. The molecule has 0 saturated carbocycles. The van der Waals surface area contributed by atoms with Crippen molar-refractivity contribution in [1.29, 1.82) is 0 Å². The van der Waals surface area contributed by atoms with Crippen LogP contribution >= 0.6 is 0 Å². The van der Waals surface area contributed by atoms with Crippen LogP contribution in [0.5, 0.6) is 17.2 Å². The molecule has 0 N–H and O–H groups in total. The molecule has 0 spiro atoms. The molecule has 1 aliphatic carbocycles. The first-order chi connectivity index (χ1) is 12.6. The van der Waals surface area contributed by atoms with Crippen molar-refractivity contribution < 1.29 is 14.2 Å². The molecular formula is C21H22N2O3. The predicted molar refractivity (Wildman–Crippen MR) is 104 cm³/mol. The molecule has 4 rings (SSSR count). The van der Waals surface area contributed by atoms with Crippen LogP contribution in [0, 0.1) is 0 Å². The van der Waals surface area contributed by atoms with Crippen LogP contribution in [-0.4, -0.2) is 52.1 Å². The summed E-state index contributed by atoms with van der Waals surface area (Å²) in [6.07, 6.45) is 2.16. The van der Waals surface area contributed by atoms with Crippen molar-refractivity contribution >= 4 is 23.0 Å². The maximum Gasteiger partial charge on any atom is 0.161 e. The standard InChI is InChI=1S/C21H22N2O3/c1-23(2)7-8-26-14-5-6-18-16(11-14)17-9-13-10-19(24-3)20(25-4)12-15(13)21(17)22-18/h5-6,9-12H,7-8H2,1-4H3. The van der Waals surface area contributed by atoms with Crippen molar-refractivity contribution in [3.8, 4) is 17.2 Å². The van der Waals surface area contributed by atoms with E-state index in [4.69, 9.17) is 19.2 Å². The van der Waals surface area contributed by atoms with Gasteiger partial charge in [0.2, 0.25) is 0 Å². The van der Waals surface area contributed by atoms with Crippen molar-refractivity contribution in [2.24, 2.45) is 4.99 Å². The number of benzene rings is 2. The van der Waals surface area contributed by atoms with Gasteiger partial charge in [-0.05, 0) is 56.1 Å². The van der Waals surface area contributed by atoms with Gasteiger partial charge in [-0.25, -0.2) is 4.99 Å². The molecule has 0 atom stereocenters. The number of nitrogens with zero attached hydrogens (tertiary/aromatic N) is 2. The van der Waals surface area contributed by atoms with Gasteiger partial charge in [0.05, 0.1) is 25.6 Å². The summed E-state index contributed by atoms with van der Waals surface area (Å²) < 4.78 is 16.7. The Labute approximate surface area is 153 Å². The second kappa shape index (κ2) is 6.50. The summed E-state index contributed by atoms with van der Waals surface area (Å²) in [6.45, 7) is 1.54. The third kappa shape index (κ3) is 2.74. The van der Waals surface area contributed by atoms with Gasteiger partial charge in [0.15, 0.2) is 11.5 Å². The van der Waals surface area contributed by atoms with Crippen LogP contribution in [0.15, 0.2) is 35.3 Å². The van der Waals surface area contributed by atoms with Gasteiger partial charge in [-0.1, -0.05) is 0 Å². The molecule has 1 aliphatic heterocycles. The second-order valence-corrected chi connectivity index (χ2v) is 6.64. The summed E-state index contributed by atoms with van der Waals surface area (Å²) >= 11 is 0. The Bertz CT molecular complexity index is 929. The topological polar surface area (TPSA) is 43.3 Å². The molecule has 2 aliphatic rings. The molecule has 0 unspecified atom stereocenters. The summed E-state index contributed by atoms with van der Waals surface area (Å²) in [6, 6.07) is 10.1. The molecule has 5 heteroatoms. The van der Waals surface area contributed by atoms with E-state index in [0.29, 0.717) is 12.4 Å². The van der Waals surface area contributed by atoms with Crippen LogP contribution in [-0.2, 0) is 0 Å². The fraction of sp³-hybridized carbons (Fsp3) is 0.286. The zero-order chi connectivity index (χ0) is 18.3. The van der Waals surface area contributed by atoms with E-state index in [1.165, 1.54) is 0 Å². The van der Waals surface area contributed by atoms with Crippen LogP contribution in [0.3, 0.4) is 0 Å². The van der Waals surface area contributed by atoms with E-state index in [9.17, 15) is 0 Å². The van der Waals surface area contributed by atoms with Gasteiger partial charge < -0.3 is 19.1 Å². The van der Waals surface area contributed by atoms with E-state index in [0.717, 1.165) is 51.7 Å². The van der Waals surface area contributed by atoms with Gasteiger partial charge in [0, 0.05) is 23.2 Å². The molecule has 26 heavy (non-hydrogen) atoms. The van der Waals surface area contributed by atoms with E-state index >= 15 is 0 Å². The molecule has 0 fully saturated rings. The Balaban J connectivity index is 1.65. The quantitative estimate of drug-likeness (QED) is 0.798. The highest BCUT2D eigenvalue weighted by molar-refractivity contribution is 6.43. The summed E-state index contributed by atoms with van der Waals surface area (Å²) in [7, 11) is 7.37. The minimum atomic E-state index is 0.660. The fourth-order valence-corrected chi connectivity index (χ4v) is 3.30. The Morgan fingerprint density at radius 1 is 0.962 bits per heavy atom. The average molecular weight is 350 g/mol. The molecular weight excluding hydrogens is 328 g/mol. The number of likely N-dealkylation sites (N-methyl/N-ethyl adjacent to an activating group) is 1. The zero-order valence-electron chi connectivity index (χ0n) is 15.5. The first kappa shape index (κ1) is 16.7. The molecule has 134 valence electrons. The molecule has 0 radical (unpaired) electrons. The summed E-state index contributed by atoms with van der Waals surface area (Å²) in [5.74, 6) is 2.31. The van der Waals surface area contributed by atoms with Crippen molar-refractivity contribution in [2.45, 2.75) is 0 Å². The highest BCUT2D eigenvalue weighted by Crippen LogP contribution is 2.46. The van der Waals surface area contributed by atoms with E-state index in [1.807, 2.05) is 38.4 Å². The molecule has 0 amide bonds. The Kier molecular flexibility index (Phi) is 4.17. The molecule has 1 heterocycles. The van der Waals surface area contributed by atoms with E-state index in [-0.39, 0.29) is 0 Å². The number of aliphatic imine (C=N–C) groups is 1. The lowest BCUT2D eigenvalue weighted by molar-refractivity contribution is 0.261. The van der Waals surface area contributed by atoms with Crippen LogP contribution in [0.25, 0.3) is 11.6 Å². The molecule has 0 bridgehead atoms. The van der Waals surface area contributed by atoms with Crippen molar-refractivity contribution in [3.63, 3.8) is 0 Å². The minimum Gasteiger partial charge on any atom is -0.493 e. The van der Waals surface area contributed by atoms with Gasteiger partial charge in [-0.15, -0.1) is 0 Å². The van der Waals surface area contributed by atoms with Crippen LogP contribution in [0.4, 0.5) is 5.69 Å². The van der Waals surface area contributed by atoms with Crippen LogP contribution in [0.2, 0.25) is 0 Å². The van der Waals surface area contributed by atoms with Gasteiger partial charge in [-0.2, -0.15) is 0 Å². The summed E-state index contributed by atoms with van der Waals surface area (Å²) in [5, 5.41) is 0. The number of hydrogen-bond acceptors (Lipinski definition) is 5.